The number of pyridine rings is 1. The number of carbonyl (C=O) groups excluding carboxylic acids is 1. The summed E-state index contributed by atoms with van der Waals surface area (Å²) >= 11 is 0. The molecule has 1 unspecified atom stereocenters. The van der Waals surface area contributed by atoms with E-state index in [1.807, 2.05) is 12.1 Å². The molecule has 3 heteroatoms. The maximum Gasteiger partial charge on any atom is 0.137 e. The van der Waals surface area contributed by atoms with Crippen LogP contribution in [0.4, 0.5) is 0 Å². The molecule has 1 aliphatic rings. The molecule has 1 atom stereocenters. The van der Waals surface area contributed by atoms with E-state index in [1.54, 1.807) is 6.20 Å². The quantitative estimate of drug-likeness (QED) is 0.604. The van der Waals surface area contributed by atoms with Gasteiger partial charge in [0.05, 0.1) is 6.04 Å². The molecule has 1 aromatic rings. The van der Waals surface area contributed by atoms with Crippen LogP contribution in [-0.4, -0.2) is 17.3 Å². The number of nitrogens with one attached hydrogen (secondary N) is 1. The minimum absolute atomic E-state index is 0.0487. The molecule has 0 radical (unpaired) electrons. The fourth-order valence-corrected chi connectivity index (χ4v) is 1.43. The highest BCUT2D eigenvalue weighted by molar-refractivity contribution is 5.59. The number of aldehydes is 1. The third-order valence-corrected chi connectivity index (χ3v) is 2.12. The third-order valence-electron chi connectivity index (χ3n) is 2.12. The van der Waals surface area contributed by atoms with Crippen LogP contribution in [0.15, 0.2) is 18.3 Å². The van der Waals surface area contributed by atoms with E-state index in [1.165, 1.54) is 5.56 Å². The van der Waals surface area contributed by atoms with Crippen molar-refractivity contribution >= 4 is 6.29 Å². The lowest BCUT2D eigenvalue weighted by atomic mass is 10.0. The highest BCUT2D eigenvalue weighted by atomic mass is 16.1. The number of carbonyl (C=O) groups is 1. The number of aromatic nitrogens is 1. The molecular weight excluding hydrogens is 152 g/mol. The summed E-state index contributed by atoms with van der Waals surface area (Å²) in [4.78, 5) is 14.7. The van der Waals surface area contributed by atoms with Crippen LogP contribution in [0.2, 0.25) is 0 Å². The smallest absolute Gasteiger partial charge is 0.137 e. The van der Waals surface area contributed by atoms with Gasteiger partial charge >= 0.3 is 0 Å². The van der Waals surface area contributed by atoms with E-state index < -0.39 is 0 Å². The van der Waals surface area contributed by atoms with Crippen molar-refractivity contribution in [2.75, 3.05) is 0 Å². The SMILES string of the molecule is O=CC1Cc2ncccc2CN1. The van der Waals surface area contributed by atoms with Crippen molar-refractivity contribution in [1.29, 1.82) is 0 Å². The van der Waals surface area contributed by atoms with E-state index in [9.17, 15) is 4.79 Å². The van der Waals surface area contributed by atoms with Crippen LogP contribution in [0.5, 0.6) is 0 Å². The van der Waals surface area contributed by atoms with Gasteiger partial charge < -0.3 is 10.1 Å². The molecule has 62 valence electrons. The summed E-state index contributed by atoms with van der Waals surface area (Å²) in [6.45, 7) is 0.757. The molecule has 2 rings (SSSR count). The maximum atomic E-state index is 10.5. The van der Waals surface area contributed by atoms with Gasteiger partial charge in [-0.15, -0.1) is 0 Å². The molecule has 0 aliphatic carbocycles. The molecule has 0 spiro atoms. The summed E-state index contributed by atoms with van der Waals surface area (Å²) in [7, 11) is 0. The first-order valence-electron chi connectivity index (χ1n) is 4.01. The van der Waals surface area contributed by atoms with E-state index in [0.717, 1.165) is 24.9 Å². The summed E-state index contributed by atoms with van der Waals surface area (Å²) < 4.78 is 0. The molecule has 0 amide bonds. The zero-order valence-corrected chi connectivity index (χ0v) is 6.66. The van der Waals surface area contributed by atoms with Gasteiger partial charge in [-0.3, -0.25) is 4.98 Å². The Balaban J connectivity index is 2.28. The highest BCUT2D eigenvalue weighted by Crippen LogP contribution is 2.12. The molecule has 0 saturated carbocycles. The second kappa shape index (κ2) is 3.03. The summed E-state index contributed by atoms with van der Waals surface area (Å²) in [5.74, 6) is 0. The molecule has 12 heavy (non-hydrogen) atoms. The Morgan fingerprint density at radius 3 is 3.42 bits per heavy atom. The Bertz CT molecular complexity index is 298. The Morgan fingerprint density at radius 1 is 1.67 bits per heavy atom. The monoisotopic (exact) mass is 162 g/mol. The van der Waals surface area contributed by atoms with Gasteiger partial charge in [0.2, 0.25) is 0 Å². The van der Waals surface area contributed by atoms with E-state index in [4.69, 9.17) is 0 Å². The molecule has 0 saturated heterocycles. The van der Waals surface area contributed by atoms with E-state index in [2.05, 4.69) is 10.3 Å². The predicted molar refractivity (Wildman–Crippen MR) is 44.6 cm³/mol. The molecule has 2 heterocycles. The zero-order chi connectivity index (χ0) is 8.39. The standard InChI is InChI=1S/C9H10N2O/c12-6-8-4-9-7(5-11-8)2-1-3-10-9/h1-3,6,8,11H,4-5H2. The van der Waals surface area contributed by atoms with Crippen LogP contribution in [0.25, 0.3) is 0 Å². The molecule has 0 aromatic carbocycles. The summed E-state index contributed by atoms with van der Waals surface area (Å²) in [6.07, 6.45) is 3.43. The first-order valence-corrected chi connectivity index (χ1v) is 4.01. The second-order valence-electron chi connectivity index (χ2n) is 2.94. The summed E-state index contributed by atoms with van der Waals surface area (Å²) in [6, 6.07) is 3.91. The van der Waals surface area contributed by atoms with E-state index in [0.29, 0.717) is 0 Å². The van der Waals surface area contributed by atoms with Crippen LogP contribution in [0.1, 0.15) is 11.3 Å². The zero-order valence-electron chi connectivity index (χ0n) is 6.66. The first-order chi connectivity index (χ1) is 5.90. The van der Waals surface area contributed by atoms with Gasteiger partial charge in [0.1, 0.15) is 6.29 Å². The molecular formula is C9H10N2O. The summed E-state index contributed by atoms with van der Waals surface area (Å²) in [5.41, 5.74) is 2.25. The summed E-state index contributed by atoms with van der Waals surface area (Å²) in [5, 5.41) is 3.12. The minimum Gasteiger partial charge on any atom is -0.303 e. The number of rotatable bonds is 1. The highest BCUT2D eigenvalue weighted by Gasteiger charge is 2.16. The van der Waals surface area contributed by atoms with Crippen LogP contribution in [0.3, 0.4) is 0 Å². The van der Waals surface area contributed by atoms with Crippen molar-refractivity contribution in [1.82, 2.24) is 10.3 Å². The average molecular weight is 162 g/mol. The van der Waals surface area contributed by atoms with Crippen molar-refractivity contribution in [3.8, 4) is 0 Å². The Labute approximate surface area is 70.8 Å². The predicted octanol–water partition coefficient (Wildman–Crippen LogP) is 0.295. The van der Waals surface area contributed by atoms with Crippen molar-refractivity contribution in [2.24, 2.45) is 0 Å². The van der Waals surface area contributed by atoms with Gasteiger partial charge in [0.25, 0.3) is 0 Å². The van der Waals surface area contributed by atoms with E-state index in [-0.39, 0.29) is 6.04 Å². The number of nitrogens with zero attached hydrogens (tertiary/aromatic N) is 1. The van der Waals surface area contributed by atoms with Crippen LogP contribution >= 0.6 is 0 Å². The van der Waals surface area contributed by atoms with Gasteiger partial charge in [-0.25, -0.2) is 0 Å². The topological polar surface area (TPSA) is 42.0 Å². The molecule has 0 bridgehead atoms. The Hall–Kier alpha value is -1.22. The average Bonchev–Trinajstić information content (AvgIpc) is 2.17. The van der Waals surface area contributed by atoms with Crippen molar-refractivity contribution in [2.45, 2.75) is 19.0 Å². The van der Waals surface area contributed by atoms with Gasteiger partial charge in [0.15, 0.2) is 0 Å². The van der Waals surface area contributed by atoms with E-state index >= 15 is 0 Å². The number of hydrogen-bond acceptors (Lipinski definition) is 3. The van der Waals surface area contributed by atoms with Crippen molar-refractivity contribution < 1.29 is 4.79 Å². The molecule has 1 aromatic heterocycles. The molecule has 1 aliphatic heterocycles. The lowest BCUT2D eigenvalue weighted by molar-refractivity contribution is -0.109. The lowest BCUT2D eigenvalue weighted by Crippen LogP contribution is -2.37. The van der Waals surface area contributed by atoms with Gasteiger partial charge in [-0.1, -0.05) is 6.07 Å². The second-order valence-corrected chi connectivity index (χ2v) is 2.94. The van der Waals surface area contributed by atoms with Crippen LogP contribution in [-0.2, 0) is 17.8 Å². The van der Waals surface area contributed by atoms with Gasteiger partial charge in [-0.2, -0.15) is 0 Å². The Morgan fingerprint density at radius 2 is 2.58 bits per heavy atom. The fourth-order valence-electron chi connectivity index (χ4n) is 1.43. The van der Waals surface area contributed by atoms with Crippen LogP contribution in [0, 0.1) is 0 Å². The molecule has 1 N–H and O–H groups in total. The largest absolute Gasteiger partial charge is 0.303 e. The minimum atomic E-state index is -0.0487. The van der Waals surface area contributed by atoms with Gasteiger partial charge in [0, 0.05) is 24.9 Å². The number of hydrogen-bond donors (Lipinski definition) is 1. The van der Waals surface area contributed by atoms with Crippen molar-refractivity contribution in [3.63, 3.8) is 0 Å². The fraction of sp³-hybridized carbons (Fsp3) is 0.333. The van der Waals surface area contributed by atoms with Crippen LogP contribution < -0.4 is 5.32 Å². The number of fused-ring (bicyclic) bond motifs is 1. The maximum absolute atomic E-state index is 10.5. The lowest BCUT2D eigenvalue weighted by Gasteiger charge is -2.20. The Kier molecular flexibility index (Phi) is 1.87. The third kappa shape index (κ3) is 1.23. The normalized spacial score (nSPS) is 21.5. The van der Waals surface area contributed by atoms with Gasteiger partial charge in [-0.05, 0) is 11.6 Å². The molecule has 3 nitrogen and oxygen atoms in total. The first kappa shape index (κ1) is 7.43. The molecule has 0 fully saturated rings. The van der Waals surface area contributed by atoms with Crippen molar-refractivity contribution in [3.05, 3.63) is 29.6 Å².